The fourth-order valence-corrected chi connectivity index (χ4v) is 5.63. The topological polar surface area (TPSA) is 39.9 Å². The lowest BCUT2D eigenvalue weighted by Gasteiger charge is -2.09. The molecule has 0 fully saturated rings. The molecule has 4 aromatic rings. The van der Waals surface area contributed by atoms with Crippen LogP contribution in [0.15, 0.2) is 58.9 Å². The summed E-state index contributed by atoms with van der Waals surface area (Å²) in [5.74, 6) is -0.619. The van der Waals surface area contributed by atoms with Gasteiger partial charge in [-0.2, -0.15) is 5.10 Å². The van der Waals surface area contributed by atoms with Gasteiger partial charge in [-0.15, -0.1) is 24.9 Å². The van der Waals surface area contributed by atoms with Gasteiger partial charge in [-0.1, -0.05) is 37.3 Å². The first-order valence-corrected chi connectivity index (χ1v) is 11.6. The summed E-state index contributed by atoms with van der Waals surface area (Å²) in [6.45, 7) is 5.94. The Hall–Kier alpha value is -2.85. The summed E-state index contributed by atoms with van der Waals surface area (Å²) in [7, 11) is 0. The monoisotopic (exact) mass is 493 g/mol. The number of aromatic nitrogens is 3. The van der Waals surface area contributed by atoms with Gasteiger partial charge >= 0.3 is 6.36 Å². The standard InChI is InChI=1S/C23H19F4N3OS2/c1-13(2)32-21-20(15-7-9-18(10-8-15)31-23(25,26)27)28-22(33-21)30-12-19(14(3)29-30)16-5-4-6-17(24)11-16/h4-13H,1-3H3. The second kappa shape index (κ2) is 9.18. The lowest BCUT2D eigenvalue weighted by atomic mass is 10.1. The smallest absolute Gasteiger partial charge is 0.406 e. The Morgan fingerprint density at radius 3 is 2.42 bits per heavy atom. The minimum atomic E-state index is -4.74. The SMILES string of the molecule is Cc1nn(-c2nc(-c3ccc(OC(F)(F)F)cc3)c(SC(C)C)s2)cc1-c1cccc(F)c1. The van der Waals surface area contributed by atoms with E-state index in [9.17, 15) is 17.6 Å². The summed E-state index contributed by atoms with van der Waals surface area (Å²) in [5, 5.41) is 5.43. The van der Waals surface area contributed by atoms with E-state index in [0.717, 1.165) is 15.5 Å². The summed E-state index contributed by atoms with van der Waals surface area (Å²) in [6, 6.07) is 11.9. The molecule has 2 aromatic heterocycles. The van der Waals surface area contributed by atoms with Gasteiger partial charge in [0.05, 0.1) is 15.6 Å². The average molecular weight is 494 g/mol. The first-order valence-electron chi connectivity index (χ1n) is 9.95. The molecule has 172 valence electrons. The summed E-state index contributed by atoms with van der Waals surface area (Å²) in [4.78, 5) is 4.73. The number of thioether (sulfide) groups is 1. The van der Waals surface area contributed by atoms with Crippen LogP contribution < -0.4 is 4.74 Å². The lowest BCUT2D eigenvalue weighted by molar-refractivity contribution is -0.274. The highest BCUT2D eigenvalue weighted by Gasteiger charge is 2.31. The Bertz CT molecular complexity index is 1260. The number of aryl methyl sites for hydroxylation is 1. The van der Waals surface area contributed by atoms with E-state index in [1.165, 1.54) is 35.6 Å². The van der Waals surface area contributed by atoms with Gasteiger partial charge in [0.1, 0.15) is 11.6 Å². The number of hydrogen-bond donors (Lipinski definition) is 0. The van der Waals surface area contributed by atoms with E-state index in [2.05, 4.69) is 9.84 Å². The highest BCUT2D eigenvalue weighted by atomic mass is 32.2. The highest BCUT2D eigenvalue weighted by molar-refractivity contribution is 8.01. The maximum Gasteiger partial charge on any atom is 0.573 e. The largest absolute Gasteiger partial charge is 0.573 e. The van der Waals surface area contributed by atoms with E-state index in [1.54, 1.807) is 40.8 Å². The second-order valence-electron chi connectivity index (χ2n) is 7.45. The molecular formula is C23H19F4N3OS2. The number of halogens is 4. The number of hydrogen-bond acceptors (Lipinski definition) is 5. The molecule has 0 saturated carbocycles. The van der Waals surface area contributed by atoms with Gasteiger partial charge in [0.25, 0.3) is 0 Å². The molecule has 10 heteroatoms. The molecule has 0 aliphatic heterocycles. The van der Waals surface area contributed by atoms with Crippen LogP contribution in [0.2, 0.25) is 0 Å². The maximum atomic E-state index is 13.7. The van der Waals surface area contributed by atoms with Crippen molar-refractivity contribution < 1.29 is 22.3 Å². The van der Waals surface area contributed by atoms with Crippen molar-refractivity contribution in [1.29, 1.82) is 0 Å². The molecule has 0 saturated heterocycles. The predicted octanol–water partition coefficient (Wildman–Crippen LogP) is 7.51. The van der Waals surface area contributed by atoms with E-state index in [0.29, 0.717) is 22.0 Å². The van der Waals surface area contributed by atoms with Crippen molar-refractivity contribution in [2.24, 2.45) is 0 Å². The predicted molar refractivity (Wildman–Crippen MR) is 122 cm³/mol. The Balaban J connectivity index is 1.71. The van der Waals surface area contributed by atoms with Crippen LogP contribution in [-0.4, -0.2) is 26.4 Å². The molecule has 0 unspecified atom stereocenters. The third-order valence-electron chi connectivity index (χ3n) is 4.52. The zero-order valence-electron chi connectivity index (χ0n) is 17.9. The Kier molecular flexibility index (Phi) is 6.49. The molecule has 0 spiro atoms. The van der Waals surface area contributed by atoms with Crippen molar-refractivity contribution >= 4 is 23.1 Å². The average Bonchev–Trinajstić information content (AvgIpc) is 3.30. The second-order valence-corrected chi connectivity index (χ2v) is 10.3. The van der Waals surface area contributed by atoms with E-state index < -0.39 is 6.36 Å². The molecule has 0 radical (unpaired) electrons. The maximum absolute atomic E-state index is 13.7. The van der Waals surface area contributed by atoms with Gasteiger partial charge in [-0.05, 0) is 48.9 Å². The number of ether oxygens (including phenoxy) is 1. The summed E-state index contributed by atoms with van der Waals surface area (Å²) in [5.41, 5.74) is 3.56. The Morgan fingerprint density at radius 2 is 1.79 bits per heavy atom. The molecule has 4 rings (SSSR count). The minimum absolute atomic E-state index is 0.270. The fourth-order valence-electron chi connectivity index (χ4n) is 3.18. The first kappa shape index (κ1) is 23.3. The van der Waals surface area contributed by atoms with Crippen LogP contribution in [0.4, 0.5) is 17.6 Å². The molecule has 2 aromatic carbocycles. The van der Waals surface area contributed by atoms with Crippen LogP contribution in [-0.2, 0) is 0 Å². The van der Waals surface area contributed by atoms with E-state index in [-0.39, 0.29) is 16.8 Å². The molecule has 33 heavy (non-hydrogen) atoms. The van der Waals surface area contributed by atoms with Gasteiger partial charge in [0, 0.05) is 22.6 Å². The quantitative estimate of drug-likeness (QED) is 0.206. The van der Waals surface area contributed by atoms with Crippen LogP contribution in [0, 0.1) is 12.7 Å². The summed E-state index contributed by atoms with van der Waals surface area (Å²) in [6.07, 6.45) is -2.94. The molecule has 0 bridgehead atoms. The van der Waals surface area contributed by atoms with Gasteiger partial charge < -0.3 is 4.74 Å². The third-order valence-corrected chi connectivity index (χ3v) is 6.78. The zero-order chi connectivity index (χ0) is 23.8. The molecule has 2 heterocycles. The van der Waals surface area contributed by atoms with Crippen molar-refractivity contribution in [2.45, 2.75) is 36.6 Å². The Labute approximate surface area is 196 Å². The molecule has 4 nitrogen and oxygen atoms in total. The van der Waals surface area contributed by atoms with Gasteiger partial charge in [0.2, 0.25) is 5.13 Å². The van der Waals surface area contributed by atoms with E-state index >= 15 is 0 Å². The van der Waals surface area contributed by atoms with Crippen molar-refractivity contribution in [3.05, 3.63) is 66.2 Å². The number of rotatable bonds is 6. The molecule has 0 amide bonds. The number of nitrogens with zero attached hydrogens (tertiary/aromatic N) is 3. The van der Waals surface area contributed by atoms with E-state index in [1.807, 2.05) is 26.8 Å². The van der Waals surface area contributed by atoms with Crippen LogP contribution in [0.1, 0.15) is 19.5 Å². The first-order chi connectivity index (χ1) is 15.6. The summed E-state index contributed by atoms with van der Waals surface area (Å²) < 4.78 is 57.6. The lowest BCUT2D eigenvalue weighted by Crippen LogP contribution is -2.16. The van der Waals surface area contributed by atoms with Crippen LogP contribution in [0.25, 0.3) is 27.5 Å². The van der Waals surface area contributed by atoms with Gasteiger partial charge in [-0.3, -0.25) is 0 Å². The fraction of sp³-hybridized carbons (Fsp3) is 0.217. The number of alkyl halides is 3. The molecular weight excluding hydrogens is 474 g/mol. The van der Waals surface area contributed by atoms with E-state index in [4.69, 9.17) is 4.98 Å². The Morgan fingerprint density at radius 1 is 1.06 bits per heavy atom. The van der Waals surface area contributed by atoms with Crippen molar-refractivity contribution in [3.63, 3.8) is 0 Å². The van der Waals surface area contributed by atoms with Crippen LogP contribution in [0.3, 0.4) is 0 Å². The molecule has 0 N–H and O–H groups in total. The third kappa shape index (κ3) is 5.56. The number of benzene rings is 2. The normalized spacial score (nSPS) is 11.9. The molecule has 0 aliphatic carbocycles. The van der Waals surface area contributed by atoms with Crippen molar-refractivity contribution in [1.82, 2.24) is 14.8 Å². The zero-order valence-corrected chi connectivity index (χ0v) is 19.5. The summed E-state index contributed by atoms with van der Waals surface area (Å²) >= 11 is 3.05. The minimum Gasteiger partial charge on any atom is -0.406 e. The van der Waals surface area contributed by atoms with Gasteiger partial charge in [0.15, 0.2) is 0 Å². The van der Waals surface area contributed by atoms with Crippen LogP contribution in [0.5, 0.6) is 5.75 Å². The highest BCUT2D eigenvalue weighted by Crippen LogP contribution is 2.40. The van der Waals surface area contributed by atoms with Crippen molar-refractivity contribution in [3.8, 4) is 33.3 Å². The molecule has 0 atom stereocenters. The number of thiazole rings is 1. The van der Waals surface area contributed by atoms with Gasteiger partial charge in [-0.25, -0.2) is 14.1 Å². The van der Waals surface area contributed by atoms with Crippen molar-refractivity contribution in [2.75, 3.05) is 0 Å². The van der Waals surface area contributed by atoms with Crippen LogP contribution >= 0.6 is 23.1 Å². The molecule has 0 aliphatic rings.